The van der Waals surface area contributed by atoms with Gasteiger partial charge in [0.2, 0.25) is 0 Å². The van der Waals surface area contributed by atoms with E-state index in [2.05, 4.69) is 4.98 Å². The smallest absolute Gasteiger partial charge is 0.148 e. The van der Waals surface area contributed by atoms with Gasteiger partial charge in [-0.25, -0.2) is 4.39 Å². The summed E-state index contributed by atoms with van der Waals surface area (Å²) in [5.74, 6) is -0.111. The molecule has 0 aliphatic heterocycles. The Morgan fingerprint density at radius 1 is 1.21 bits per heavy atom. The lowest BCUT2D eigenvalue weighted by atomic mass is 10.1. The highest BCUT2D eigenvalue weighted by atomic mass is 19.1. The van der Waals surface area contributed by atoms with Crippen molar-refractivity contribution in [3.8, 4) is 0 Å². The summed E-state index contributed by atoms with van der Waals surface area (Å²) in [6.07, 6.45) is 3.16. The first-order valence-electron chi connectivity index (χ1n) is 5.33. The molecule has 0 N–H and O–H groups in total. The zero-order chi connectivity index (χ0) is 11.1. The quantitative estimate of drug-likeness (QED) is 0.704. The summed E-state index contributed by atoms with van der Waals surface area (Å²) in [6.45, 7) is 9.78. The van der Waals surface area contributed by atoms with E-state index in [1.165, 1.54) is 0 Å². The van der Waals surface area contributed by atoms with Crippen LogP contribution in [0.5, 0.6) is 0 Å². The molecule has 0 amide bonds. The lowest BCUT2D eigenvalue weighted by molar-refractivity contribution is 0.584. The second-order valence-electron chi connectivity index (χ2n) is 2.89. The van der Waals surface area contributed by atoms with Gasteiger partial charge >= 0.3 is 0 Å². The van der Waals surface area contributed by atoms with Gasteiger partial charge in [0.1, 0.15) is 5.82 Å². The van der Waals surface area contributed by atoms with Gasteiger partial charge in [-0.3, -0.25) is 4.98 Å². The zero-order valence-corrected chi connectivity index (χ0v) is 9.82. The number of aromatic nitrogens is 1. The molecule has 1 heterocycles. The van der Waals surface area contributed by atoms with E-state index in [1.54, 1.807) is 6.20 Å². The third kappa shape index (κ3) is 2.79. The molecule has 0 unspecified atom stereocenters. The average molecular weight is 197 g/mol. The number of rotatable bonds is 2. The molecule has 0 saturated heterocycles. The maximum atomic E-state index is 13.5. The molecule has 0 aromatic carbocycles. The molecule has 0 atom stereocenters. The second kappa shape index (κ2) is 6.52. The largest absolute Gasteiger partial charge is 0.258 e. The van der Waals surface area contributed by atoms with E-state index in [-0.39, 0.29) is 5.82 Å². The predicted molar refractivity (Wildman–Crippen MR) is 59.0 cm³/mol. The second-order valence-corrected chi connectivity index (χ2v) is 2.89. The molecule has 2 heteroatoms. The molecule has 80 valence electrons. The van der Waals surface area contributed by atoms with Gasteiger partial charge in [0.15, 0.2) is 0 Å². The van der Waals surface area contributed by atoms with Gasteiger partial charge < -0.3 is 0 Å². The third-order valence-corrected chi connectivity index (χ3v) is 2.10. The Balaban J connectivity index is 0.000000791. The van der Waals surface area contributed by atoms with Crippen LogP contribution >= 0.6 is 0 Å². The van der Waals surface area contributed by atoms with Crippen molar-refractivity contribution in [1.29, 1.82) is 0 Å². The number of halogens is 1. The summed E-state index contributed by atoms with van der Waals surface area (Å²) in [6, 6.07) is 0. The van der Waals surface area contributed by atoms with Crippen LogP contribution in [0.2, 0.25) is 0 Å². The molecule has 1 nitrogen and oxygen atoms in total. The van der Waals surface area contributed by atoms with E-state index >= 15 is 0 Å². The summed E-state index contributed by atoms with van der Waals surface area (Å²) < 4.78 is 13.5. The van der Waals surface area contributed by atoms with E-state index < -0.39 is 0 Å². The van der Waals surface area contributed by atoms with Crippen molar-refractivity contribution in [3.05, 3.63) is 28.8 Å². The Labute approximate surface area is 86.4 Å². The Morgan fingerprint density at radius 3 is 2.21 bits per heavy atom. The van der Waals surface area contributed by atoms with Crippen LogP contribution in [-0.4, -0.2) is 4.98 Å². The van der Waals surface area contributed by atoms with Crippen LogP contribution in [0, 0.1) is 12.7 Å². The number of hydrogen-bond acceptors (Lipinski definition) is 1. The molecule has 1 aromatic heterocycles. The summed E-state index contributed by atoms with van der Waals surface area (Å²) >= 11 is 0. The zero-order valence-electron chi connectivity index (χ0n) is 9.82. The van der Waals surface area contributed by atoms with Crippen LogP contribution in [0.15, 0.2) is 6.20 Å². The third-order valence-electron chi connectivity index (χ3n) is 2.10. The summed E-state index contributed by atoms with van der Waals surface area (Å²) in [4.78, 5) is 4.03. The van der Waals surface area contributed by atoms with Crippen molar-refractivity contribution in [3.63, 3.8) is 0 Å². The van der Waals surface area contributed by atoms with Crippen LogP contribution in [0.3, 0.4) is 0 Å². The molecule has 14 heavy (non-hydrogen) atoms. The standard InChI is InChI=1S/C10H14FN.C2H6/c1-4-8-7(3)6-12-9(5-2)10(8)11;1-2/h6H,4-5H2,1-3H3;1-2H3. The first-order valence-corrected chi connectivity index (χ1v) is 5.33. The molecule has 1 aromatic rings. The van der Waals surface area contributed by atoms with Crippen molar-refractivity contribution in [2.75, 3.05) is 0 Å². The fourth-order valence-electron chi connectivity index (χ4n) is 1.34. The Morgan fingerprint density at radius 2 is 1.79 bits per heavy atom. The van der Waals surface area contributed by atoms with Gasteiger partial charge in [-0.05, 0) is 30.9 Å². The van der Waals surface area contributed by atoms with Crippen LogP contribution in [0.4, 0.5) is 4.39 Å². The fourth-order valence-corrected chi connectivity index (χ4v) is 1.34. The van der Waals surface area contributed by atoms with Gasteiger partial charge in [-0.15, -0.1) is 0 Å². The van der Waals surface area contributed by atoms with Crippen molar-refractivity contribution >= 4 is 0 Å². The first kappa shape index (κ1) is 13.1. The lowest BCUT2D eigenvalue weighted by Gasteiger charge is -2.06. The monoisotopic (exact) mass is 197 g/mol. The normalized spacial score (nSPS) is 9.29. The van der Waals surface area contributed by atoms with Crippen molar-refractivity contribution in [1.82, 2.24) is 4.98 Å². The highest BCUT2D eigenvalue weighted by Gasteiger charge is 2.08. The molecule has 0 aliphatic rings. The minimum atomic E-state index is -0.111. The van der Waals surface area contributed by atoms with Crippen LogP contribution in [0.25, 0.3) is 0 Å². The van der Waals surface area contributed by atoms with E-state index in [1.807, 2.05) is 34.6 Å². The molecule has 0 aliphatic carbocycles. The van der Waals surface area contributed by atoms with Gasteiger partial charge in [0, 0.05) is 6.20 Å². The van der Waals surface area contributed by atoms with Crippen molar-refractivity contribution in [2.45, 2.75) is 47.5 Å². The van der Waals surface area contributed by atoms with Gasteiger partial charge in [-0.1, -0.05) is 27.7 Å². The number of hydrogen-bond donors (Lipinski definition) is 0. The van der Waals surface area contributed by atoms with Gasteiger partial charge in [-0.2, -0.15) is 0 Å². The summed E-state index contributed by atoms with van der Waals surface area (Å²) in [5, 5.41) is 0. The van der Waals surface area contributed by atoms with Gasteiger partial charge in [0.05, 0.1) is 5.69 Å². The first-order chi connectivity index (χ1) is 6.70. The molecule has 0 radical (unpaired) electrons. The number of pyridine rings is 1. The Hall–Kier alpha value is -0.920. The Kier molecular flexibility index (Phi) is 6.09. The Bertz CT molecular complexity index is 282. The molecule has 0 fully saturated rings. The highest BCUT2D eigenvalue weighted by molar-refractivity contribution is 5.27. The van der Waals surface area contributed by atoms with Gasteiger partial charge in [0.25, 0.3) is 0 Å². The SMILES string of the molecule is CC.CCc1ncc(C)c(CC)c1F. The lowest BCUT2D eigenvalue weighted by Crippen LogP contribution is -2.00. The topological polar surface area (TPSA) is 12.9 Å². The van der Waals surface area contributed by atoms with Crippen molar-refractivity contribution < 1.29 is 4.39 Å². The average Bonchev–Trinajstić information content (AvgIpc) is 2.22. The maximum absolute atomic E-state index is 13.5. The number of nitrogens with zero attached hydrogens (tertiary/aromatic N) is 1. The predicted octanol–water partition coefficient (Wildman–Crippen LogP) is 3.68. The van der Waals surface area contributed by atoms with Crippen LogP contribution < -0.4 is 0 Å². The van der Waals surface area contributed by atoms with E-state index in [9.17, 15) is 4.39 Å². The summed E-state index contributed by atoms with van der Waals surface area (Å²) in [5.41, 5.74) is 2.34. The van der Waals surface area contributed by atoms with Crippen LogP contribution in [0.1, 0.15) is 44.5 Å². The number of aryl methyl sites for hydroxylation is 2. The minimum absolute atomic E-state index is 0.111. The van der Waals surface area contributed by atoms with E-state index in [0.29, 0.717) is 12.1 Å². The maximum Gasteiger partial charge on any atom is 0.148 e. The van der Waals surface area contributed by atoms with Crippen LogP contribution in [-0.2, 0) is 12.8 Å². The van der Waals surface area contributed by atoms with Crippen molar-refractivity contribution in [2.24, 2.45) is 0 Å². The summed E-state index contributed by atoms with van der Waals surface area (Å²) in [7, 11) is 0. The minimum Gasteiger partial charge on any atom is -0.258 e. The highest BCUT2D eigenvalue weighted by Crippen LogP contribution is 2.15. The molecule has 0 bridgehead atoms. The molecular weight excluding hydrogens is 177 g/mol. The molecule has 1 rings (SSSR count). The molecule has 0 saturated carbocycles. The molecular formula is C12H20FN. The van der Waals surface area contributed by atoms with E-state index in [0.717, 1.165) is 17.5 Å². The fraction of sp³-hybridized carbons (Fsp3) is 0.583. The van der Waals surface area contributed by atoms with E-state index in [4.69, 9.17) is 0 Å². The molecule has 0 spiro atoms.